The standard InChI is InChI=1S/C19H24N6O.HI/c1-3-14-8-5-6-9-15(14)12-21-19(20-4-2)22-13-17-23-18(25-24-17)16-10-7-11-26-16;/h5-11H,3-4,12-13H2,1-2H3,(H2,20,21,22)(H,23,24,25);1H. The normalized spacial score (nSPS) is 11.1. The molecule has 3 aromatic rings. The van der Waals surface area contributed by atoms with Crippen molar-refractivity contribution in [1.29, 1.82) is 0 Å². The molecule has 0 aliphatic rings. The summed E-state index contributed by atoms with van der Waals surface area (Å²) in [5, 5.41) is 13.6. The van der Waals surface area contributed by atoms with Crippen LogP contribution in [0.4, 0.5) is 0 Å². The summed E-state index contributed by atoms with van der Waals surface area (Å²) in [5.74, 6) is 2.65. The molecule has 0 radical (unpaired) electrons. The number of halogens is 1. The van der Waals surface area contributed by atoms with Gasteiger partial charge in [0.25, 0.3) is 0 Å². The van der Waals surface area contributed by atoms with Crippen LogP contribution in [-0.4, -0.2) is 27.7 Å². The van der Waals surface area contributed by atoms with Gasteiger partial charge in [0.2, 0.25) is 5.82 Å². The molecule has 27 heavy (non-hydrogen) atoms. The Morgan fingerprint density at radius 2 is 1.93 bits per heavy atom. The quantitative estimate of drug-likeness (QED) is 0.274. The Bertz CT molecular complexity index is 844. The van der Waals surface area contributed by atoms with Gasteiger partial charge in [-0.15, -0.1) is 29.1 Å². The lowest BCUT2D eigenvalue weighted by molar-refractivity contribution is 0.577. The molecule has 0 bridgehead atoms. The Kier molecular flexibility index (Phi) is 8.31. The zero-order chi connectivity index (χ0) is 18.2. The fourth-order valence-electron chi connectivity index (χ4n) is 2.62. The van der Waals surface area contributed by atoms with Crippen molar-refractivity contribution in [3.63, 3.8) is 0 Å². The third-order valence-electron chi connectivity index (χ3n) is 3.95. The second-order valence-electron chi connectivity index (χ2n) is 5.75. The first-order chi connectivity index (χ1) is 12.8. The van der Waals surface area contributed by atoms with Gasteiger partial charge in [-0.1, -0.05) is 31.2 Å². The van der Waals surface area contributed by atoms with Crippen molar-refractivity contribution in [2.24, 2.45) is 4.99 Å². The second kappa shape index (κ2) is 10.7. The molecule has 0 saturated heterocycles. The predicted molar refractivity (Wildman–Crippen MR) is 117 cm³/mol. The van der Waals surface area contributed by atoms with Crippen LogP contribution in [0.5, 0.6) is 0 Å². The van der Waals surface area contributed by atoms with Crippen molar-refractivity contribution < 1.29 is 4.42 Å². The SMILES string of the molecule is CCNC(=NCc1ccccc1CC)NCc1nc(-c2ccco2)n[nH]1.I. The Balaban J connectivity index is 0.00000261. The molecule has 144 valence electrons. The fourth-order valence-corrected chi connectivity index (χ4v) is 2.62. The number of H-pyrrole nitrogens is 1. The van der Waals surface area contributed by atoms with Crippen LogP contribution in [0, 0.1) is 0 Å². The largest absolute Gasteiger partial charge is 0.461 e. The molecular weight excluding hydrogens is 455 g/mol. The molecule has 2 aromatic heterocycles. The van der Waals surface area contributed by atoms with E-state index in [9.17, 15) is 0 Å². The van der Waals surface area contributed by atoms with Gasteiger partial charge >= 0.3 is 0 Å². The first-order valence-electron chi connectivity index (χ1n) is 8.84. The Labute approximate surface area is 176 Å². The van der Waals surface area contributed by atoms with E-state index in [1.807, 2.05) is 19.1 Å². The van der Waals surface area contributed by atoms with Crippen molar-refractivity contribution >= 4 is 29.9 Å². The molecule has 7 nitrogen and oxygen atoms in total. The average Bonchev–Trinajstić information content (AvgIpc) is 3.35. The number of aromatic amines is 1. The zero-order valence-corrected chi connectivity index (χ0v) is 17.9. The molecule has 2 heterocycles. The van der Waals surface area contributed by atoms with Crippen LogP contribution in [0.1, 0.15) is 30.8 Å². The van der Waals surface area contributed by atoms with E-state index in [2.05, 4.69) is 62.0 Å². The number of aryl methyl sites for hydroxylation is 1. The molecule has 0 unspecified atom stereocenters. The van der Waals surface area contributed by atoms with Crippen molar-refractivity contribution in [2.45, 2.75) is 33.4 Å². The molecule has 1 aromatic carbocycles. The lowest BCUT2D eigenvalue weighted by atomic mass is 10.1. The van der Waals surface area contributed by atoms with E-state index in [-0.39, 0.29) is 24.0 Å². The summed E-state index contributed by atoms with van der Waals surface area (Å²) in [6.45, 7) is 6.12. The Morgan fingerprint density at radius 3 is 2.63 bits per heavy atom. The maximum Gasteiger partial charge on any atom is 0.216 e. The smallest absolute Gasteiger partial charge is 0.216 e. The Morgan fingerprint density at radius 1 is 1.11 bits per heavy atom. The minimum atomic E-state index is 0. The van der Waals surface area contributed by atoms with E-state index >= 15 is 0 Å². The van der Waals surface area contributed by atoms with Crippen molar-refractivity contribution in [3.8, 4) is 11.6 Å². The van der Waals surface area contributed by atoms with Crippen LogP contribution >= 0.6 is 24.0 Å². The monoisotopic (exact) mass is 480 g/mol. The van der Waals surface area contributed by atoms with Gasteiger partial charge in [0.05, 0.1) is 19.4 Å². The number of rotatable bonds is 7. The summed E-state index contributed by atoms with van der Waals surface area (Å²) in [6, 6.07) is 12.0. The number of nitrogens with one attached hydrogen (secondary N) is 3. The second-order valence-corrected chi connectivity index (χ2v) is 5.75. The lowest BCUT2D eigenvalue weighted by Gasteiger charge is -2.11. The van der Waals surface area contributed by atoms with Gasteiger partial charge in [-0.05, 0) is 36.6 Å². The van der Waals surface area contributed by atoms with Gasteiger partial charge in [-0.25, -0.2) is 9.98 Å². The van der Waals surface area contributed by atoms with Gasteiger partial charge in [0, 0.05) is 6.54 Å². The van der Waals surface area contributed by atoms with Gasteiger partial charge in [0.1, 0.15) is 5.82 Å². The molecule has 3 N–H and O–H groups in total. The number of nitrogens with zero attached hydrogens (tertiary/aromatic N) is 3. The fraction of sp³-hybridized carbons (Fsp3) is 0.316. The number of hydrogen-bond donors (Lipinski definition) is 3. The summed E-state index contributed by atoms with van der Waals surface area (Å²) in [5.41, 5.74) is 2.57. The van der Waals surface area contributed by atoms with E-state index in [4.69, 9.17) is 4.42 Å². The number of hydrogen-bond acceptors (Lipinski definition) is 4. The molecular formula is C19H25IN6O. The highest BCUT2D eigenvalue weighted by atomic mass is 127. The summed E-state index contributed by atoms with van der Waals surface area (Å²) in [6.07, 6.45) is 2.61. The zero-order valence-electron chi connectivity index (χ0n) is 15.5. The van der Waals surface area contributed by atoms with E-state index < -0.39 is 0 Å². The highest BCUT2D eigenvalue weighted by Gasteiger charge is 2.08. The van der Waals surface area contributed by atoms with Crippen molar-refractivity contribution in [3.05, 3.63) is 59.6 Å². The first-order valence-corrected chi connectivity index (χ1v) is 8.84. The average molecular weight is 480 g/mol. The van der Waals surface area contributed by atoms with E-state index in [0.29, 0.717) is 24.7 Å². The lowest BCUT2D eigenvalue weighted by Crippen LogP contribution is -2.37. The molecule has 0 aliphatic carbocycles. The number of furan rings is 1. The molecule has 3 rings (SSSR count). The van der Waals surface area contributed by atoms with E-state index in [0.717, 1.165) is 24.7 Å². The van der Waals surface area contributed by atoms with Gasteiger partial charge in [0.15, 0.2) is 11.7 Å². The van der Waals surface area contributed by atoms with Crippen LogP contribution in [0.25, 0.3) is 11.6 Å². The maximum atomic E-state index is 5.30. The van der Waals surface area contributed by atoms with Crippen LogP contribution in [-0.2, 0) is 19.5 Å². The number of aromatic nitrogens is 3. The van der Waals surface area contributed by atoms with Crippen LogP contribution in [0.3, 0.4) is 0 Å². The molecule has 0 atom stereocenters. The molecule has 0 aliphatic heterocycles. The van der Waals surface area contributed by atoms with Gasteiger partial charge in [-0.2, -0.15) is 0 Å². The minimum Gasteiger partial charge on any atom is -0.461 e. The number of benzene rings is 1. The van der Waals surface area contributed by atoms with Crippen LogP contribution in [0.15, 0.2) is 52.1 Å². The molecule has 0 spiro atoms. The molecule has 0 saturated carbocycles. The highest BCUT2D eigenvalue weighted by molar-refractivity contribution is 14.0. The summed E-state index contributed by atoms with van der Waals surface area (Å²) >= 11 is 0. The van der Waals surface area contributed by atoms with Crippen LogP contribution < -0.4 is 10.6 Å². The summed E-state index contributed by atoms with van der Waals surface area (Å²) < 4.78 is 5.30. The first kappa shape index (κ1) is 20.9. The van der Waals surface area contributed by atoms with Crippen molar-refractivity contribution in [2.75, 3.05) is 6.54 Å². The summed E-state index contributed by atoms with van der Waals surface area (Å²) in [7, 11) is 0. The molecule has 0 fully saturated rings. The third kappa shape index (κ3) is 5.81. The predicted octanol–water partition coefficient (Wildman–Crippen LogP) is 3.50. The third-order valence-corrected chi connectivity index (χ3v) is 3.95. The van der Waals surface area contributed by atoms with E-state index in [1.54, 1.807) is 6.26 Å². The summed E-state index contributed by atoms with van der Waals surface area (Å²) in [4.78, 5) is 9.10. The highest BCUT2D eigenvalue weighted by Crippen LogP contribution is 2.14. The van der Waals surface area contributed by atoms with Gasteiger partial charge < -0.3 is 15.1 Å². The van der Waals surface area contributed by atoms with Gasteiger partial charge in [-0.3, -0.25) is 5.10 Å². The topological polar surface area (TPSA) is 91.1 Å². The molecule has 0 amide bonds. The minimum absolute atomic E-state index is 0. The van der Waals surface area contributed by atoms with E-state index in [1.165, 1.54) is 11.1 Å². The number of aliphatic imine (C=N–C) groups is 1. The maximum absolute atomic E-state index is 5.30. The molecule has 8 heteroatoms. The number of guanidine groups is 1. The van der Waals surface area contributed by atoms with Crippen molar-refractivity contribution in [1.82, 2.24) is 25.8 Å². The van der Waals surface area contributed by atoms with Crippen LogP contribution in [0.2, 0.25) is 0 Å². The Hall–Kier alpha value is -2.36.